The predicted octanol–water partition coefficient (Wildman–Crippen LogP) is 1.19. The Morgan fingerprint density at radius 3 is 2.75 bits per heavy atom. The van der Waals surface area contributed by atoms with Gasteiger partial charge in [0.05, 0.1) is 5.60 Å². The Balaban J connectivity index is 2.28. The topological polar surface area (TPSA) is 47.3 Å². The highest BCUT2D eigenvalue weighted by molar-refractivity contribution is 4.80. The van der Waals surface area contributed by atoms with E-state index in [9.17, 15) is 0 Å². The van der Waals surface area contributed by atoms with Gasteiger partial charge in [0.15, 0.2) is 0 Å². The van der Waals surface area contributed by atoms with Crippen molar-refractivity contribution in [3.63, 3.8) is 0 Å². The van der Waals surface area contributed by atoms with Crippen LogP contribution in [0.1, 0.15) is 39.5 Å². The van der Waals surface area contributed by atoms with Gasteiger partial charge in [-0.25, -0.2) is 5.90 Å². The molecule has 1 atom stereocenters. The van der Waals surface area contributed by atoms with Crippen molar-refractivity contribution in [2.24, 2.45) is 5.90 Å². The van der Waals surface area contributed by atoms with Crippen LogP contribution >= 0.6 is 0 Å². The second-order valence-corrected chi connectivity index (χ2v) is 4.23. The van der Waals surface area contributed by atoms with Gasteiger partial charge in [0.2, 0.25) is 0 Å². The van der Waals surface area contributed by atoms with Gasteiger partial charge in [-0.1, -0.05) is 6.42 Å². The van der Waals surface area contributed by atoms with E-state index < -0.39 is 0 Å². The molecule has 1 heterocycles. The molecule has 1 rings (SSSR count). The maximum absolute atomic E-state index is 5.20. The first-order valence-corrected chi connectivity index (χ1v) is 4.75. The lowest BCUT2D eigenvalue weighted by Crippen LogP contribution is -2.41. The average Bonchev–Trinajstić information content (AvgIpc) is 2.06. The zero-order chi connectivity index (χ0) is 9.03. The summed E-state index contributed by atoms with van der Waals surface area (Å²) in [6, 6.07) is 0.595. The third-order valence-electron chi connectivity index (χ3n) is 2.47. The largest absolute Gasteiger partial charge is 0.314 e. The molecule has 1 saturated heterocycles. The molecular formula is C9H20N2O. The minimum absolute atomic E-state index is 0.186. The minimum atomic E-state index is -0.186. The number of rotatable bonds is 3. The Hall–Kier alpha value is -0.120. The van der Waals surface area contributed by atoms with Crippen molar-refractivity contribution in [2.75, 3.05) is 6.54 Å². The molecular weight excluding hydrogens is 152 g/mol. The Morgan fingerprint density at radius 1 is 1.50 bits per heavy atom. The normalized spacial score (nSPS) is 25.8. The summed E-state index contributed by atoms with van der Waals surface area (Å²) in [5, 5.41) is 3.47. The highest BCUT2D eigenvalue weighted by Crippen LogP contribution is 2.19. The van der Waals surface area contributed by atoms with Gasteiger partial charge in [-0.2, -0.15) is 0 Å². The van der Waals surface area contributed by atoms with Crippen LogP contribution in [-0.2, 0) is 4.84 Å². The Kier molecular flexibility index (Phi) is 3.50. The van der Waals surface area contributed by atoms with Crippen LogP contribution in [0.2, 0.25) is 0 Å². The van der Waals surface area contributed by atoms with E-state index in [4.69, 9.17) is 10.7 Å². The summed E-state index contributed by atoms with van der Waals surface area (Å²) in [4.78, 5) is 4.90. The fourth-order valence-corrected chi connectivity index (χ4v) is 1.74. The maximum atomic E-state index is 5.20. The molecule has 3 nitrogen and oxygen atoms in total. The van der Waals surface area contributed by atoms with Gasteiger partial charge in [-0.05, 0) is 39.7 Å². The van der Waals surface area contributed by atoms with Crippen molar-refractivity contribution in [3.05, 3.63) is 0 Å². The van der Waals surface area contributed by atoms with E-state index in [-0.39, 0.29) is 5.60 Å². The van der Waals surface area contributed by atoms with Gasteiger partial charge < -0.3 is 5.32 Å². The number of hydrogen-bond donors (Lipinski definition) is 2. The van der Waals surface area contributed by atoms with Gasteiger partial charge in [0, 0.05) is 6.04 Å². The van der Waals surface area contributed by atoms with Crippen LogP contribution in [0.3, 0.4) is 0 Å². The van der Waals surface area contributed by atoms with E-state index in [2.05, 4.69) is 5.32 Å². The first kappa shape index (κ1) is 9.96. The van der Waals surface area contributed by atoms with Crippen LogP contribution in [0.25, 0.3) is 0 Å². The van der Waals surface area contributed by atoms with Crippen molar-refractivity contribution >= 4 is 0 Å². The molecule has 0 spiro atoms. The molecule has 1 fully saturated rings. The minimum Gasteiger partial charge on any atom is -0.314 e. The molecule has 0 radical (unpaired) electrons. The summed E-state index contributed by atoms with van der Waals surface area (Å²) in [6.45, 7) is 5.21. The first-order valence-electron chi connectivity index (χ1n) is 4.75. The van der Waals surface area contributed by atoms with E-state index in [1.807, 2.05) is 13.8 Å². The fourth-order valence-electron chi connectivity index (χ4n) is 1.74. The average molecular weight is 172 g/mol. The van der Waals surface area contributed by atoms with E-state index in [1.54, 1.807) is 0 Å². The van der Waals surface area contributed by atoms with E-state index in [0.717, 1.165) is 13.0 Å². The standard InChI is InChI=1S/C9H20N2O/c1-9(2,12-10)7-8-5-3-4-6-11-8/h8,11H,3-7,10H2,1-2H3. The SMILES string of the molecule is CC(C)(CC1CCCCN1)ON. The summed E-state index contributed by atoms with van der Waals surface area (Å²) < 4.78 is 0. The van der Waals surface area contributed by atoms with Gasteiger partial charge in [0.25, 0.3) is 0 Å². The molecule has 72 valence electrons. The van der Waals surface area contributed by atoms with Crippen LogP contribution in [0, 0.1) is 0 Å². The molecule has 0 saturated carbocycles. The molecule has 0 bridgehead atoms. The quantitative estimate of drug-likeness (QED) is 0.629. The van der Waals surface area contributed by atoms with Crippen molar-refractivity contribution in [1.29, 1.82) is 0 Å². The molecule has 0 aliphatic carbocycles. The molecule has 3 heteroatoms. The van der Waals surface area contributed by atoms with Crippen molar-refractivity contribution in [3.8, 4) is 0 Å². The van der Waals surface area contributed by atoms with Crippen LogP contribution in [-0.4, -0.2) is 18.2 Å². The molecule has 1 unspecified atom stereocenters. The lowest BCUT2D eigenvalue weighted by molar-refractivity contribution is -0.0334. The third-order valence-corrected chi connectivity index (χ3v) is 2.47. The lowest BCUT2D eigenvalue weighted by Gasteiger charge is -2.30. The van der Waals surface area contributed by atoms with E-state index in [1.165, 1.54) is 19.3 Å². The maximum Gasteiger partial charge on any atom is 0.0852 e. The Bertz CT molecular complexity index is 130. The van der Waals surface area contributed by atoms with Gasteiger partial charge in [0.1, 0.15) is 0 Å². The number of nitrogens with two attached hydrogens (primary N) is 1. The number of hydrogen-bond acceptors (Lipinski definition) is 3. The Morgan fingerprint density at radius 2 is 2.25 bits per heavy atom. The van der Waals surface area contributed by atoms with Crippen molar-refractivity contribution in [2.45, 2.75) is 51.2 Å². The smallest absolute Gasteiger partial charge is 0.0852 e. The van der Waals surface area contributed by atoms with Crippen molar-refractivity contribution in [1.82, 2.24) is 5.32 Å². The highest BCUT2D eigenvalue weighted by Gasteiger charge is 2.24. The summed E-state index contributed by atoms with van der Waals surface area (Å²) in [5.74, 6) is 5.20. The fraction of sp³-hybridized carbons (Fsp3) is 1.00. The van der Waals surface area contributed by atoms with E-state index in [0.29, 0.717) is 6.04 Å². The molecule has 1 aliphatic rings. The lowest BCUT2D eigenvalue weighted by atomic mass is 9.93. The molecule has 0 aromatic heterocycles. The molecule has 3 N–H and O–H groups in total. The zero-order valence-electron chi connectivity index (χ0n) is 8.10. The molecule has 0 aromatic rings. The third kappa shape index (κ3) is 3.09. The van der Waals surface area contributed by atoms with Crippen LogP contribution < -0.4 is 11.2 Å². The summed E-state index contributed by atoms with van der Waals surface area (Å²) in [6.07, 6.45) is 4.90. The highest BCUT2D eigenvalue weighted by atomic mass is 16.6. The molecule has 0 aromatic carbocycles. The van der Waals surface area contributed by atoms with Crippen LogP contribution in [0.15, 0.2) is 0 Å². The van der Waals surface area contributed by atoms with Crippen LogP contribution in [0.5, 0.6) is 0 Å². The molecule has 12 heavy (non-hydrogen) atoms. The second kappa shape index (κ2) is 4.21. The number of piperidine rings is 1. The van der Waals surface area contributed by atoms with Crippen molar-refractivity contribution < 1.29 is 4.84 Å². The Labute approximate surface area is 74.6 Å². The summed E-state index contributed by atoms with van der Waals surface area (Å²) in [7, 11) is 0. The molecule has 0 amide bonds. The van der Waals surface area contributed by atoms with E-state index >= 15 is 0 Å². The van der Waals surface area contributed by atoms with Gasteiger partial charge >= 0.3 is 0 Å². The monoisotopic (exact) mass is 172 g/mol. The van der Waals surface area contributed by atoms with Gasteiger partial charge in [-0.15, -0.1) is 0 Å². The molecule has 1 aliphatic heterocycles. The van der Waals surface area contributed by atoms with Gasteiger partial charge in [-0.3, -0.25) is 4.84 Å². The second-order valence-electron chi connectivity index (χ2n) is 4.23. The first-order chi connectivity index (χ1) is 5.64. The van der Waals surface area contributed by atoms with Crippen LogP contribution in [0.4, 0.5) is 0 Å². The predicted molar refractivity (Wildman–Crippen MR) is 49.6 cm³/mol. The summed E-state index contributed by atoms with van der Waals surface area (Å²) in [5.41, 5.74) is -0.186. The number of nitrogens with one attached hydrogen (secondary N) is 1. The zero-order valence-corrected chi connectivity index (χ0v) is 8.10. The summed E-state index contributed by atoms with van der Waals surface area (Å²) >= 11 is 0.